The zero-order chi connectivity index (χ0) is 8.97. The Balaban J connectivity index is 2.91. The molecule has 0 saturated heterocycles. The molecule has 3 N–H and O–H groups in total. The van der Waals surface area contributed by atoms with E-state index in [4.69, 9.17) is 15.6 Å². The van der Waals surface area contributed by atoms with E-state index in [-0.39, 0.29) is 6.61 Å². The highest BCUT2D eigenvalue weighted by molar-refractivity contribution is 5.50. The number of anilines is 1. The van der Waals surface area contributed by atoms with E-state index >= 15 is 0 Å². The van der Waals surface area contributed by atoms with E-state index in [1.807, 2.05) is 6.07 Å². The van der Waals surface area contributed by atoms with Gasteiger partial charge >= 0.3 is 0 Å². The maximum atomic E-state index is 8.71. The molecule has 0 atom stereocenters. The van der Waals surface area contributed by atoms with Gasteiger partial charge in [0, 0.05) is 12.3 Å². The molecule has 0 aliphatic carbocycles. The molecule has 0 saturated carbocycles. The molecule has 3 nitrogen and oxygen atoms in total. The molecule has 0 amide bonds. The quantitative estimate of drug-likeness (QED) is 0.655. The minimum atomic E-state index is 0.108. The molecule has 0 aliphatic heterocycles. The third kappa shape index (κ3) is 1.89. The summed E-state index contributed by atoms with van der Waals surface area (Å²) < 4.78 is 5.02. The predicted octanol–water partition coefficient (Wildman–Crippen LogP) is 0.812. The molecule has 66 valence electrons. The highest BCUT2D eigenvalue weighted by Gasteiger charge is 1.99. The van der Waals surface area contributed by atoms with Gasteiger partial charge in [0.15, 0.2) is 0 Å². The van der Waals surface area contributed by atoms with E-state index in [1.54, 1.807) is 19.2 Å². The van der Waals surface area contributed by atoms with E-state index in [9.17, 15) is 0 Å². The zero-order valence-corrected chi connectivity index (χ0v) is 7.08. The van der Waals surface area contributed by atoms with Gasteiger partial charge in [-0.15, -0.1) is 0 Å². The Bertz CT molecular complexity index is 261. The van der Waals surface area contributed by atoms with Gasteiger partial charge in [0.05, 0.1) is 7.11 Å². The summed E-state index contributed by atoms with van der Waals surface area (Å²) >= 11 is 0. The molecule has 0 heterocycles. The normalized spacial score (nSPS) is 9.83. The summed E-state index contributed by atoms with van der Waals surface area (Å²) in [5, 5.41) is 8.71. The molecule has 0 aromatic heterocycles. The average Bonchev–Trinajstić information content (AvgIpc) is 2.09. The van der Waals surface area contributed by atoms with Gasteiger partial charge in [-0.2, -0.15) is 0 Å². The van der Waals surface area contributed by atoms with Gasteiger partial charge < -0.3 is 15.6 Å². The van der Waals surface area contributed by atoms with Gasteiger partial charge in [-0.1, -0.05) is 0 Å². The number of benzene rings is 1. The maximum absolute atomic E-state index is 8.71. The third-order valence-corrected chi connectivity index (χ3v) is 1.73. The molecule has 0 aliphatic rings. The van der Waals surface area contributed by atoms with Crippen molar-refractivity contribution >= 4 is 5.69 Å². The zero-order valence-electron chi connectivity index (χ0n) is 7.08. The van der Waals surface area contributed by atoms with Crippen molar-refractivity contribution in [2.75, 3.05) is 19.5 Å². The maximum Gasteiger partial charge on any atom is 0.119 e. The van der Waals surface area contributed by atoms with Crippen LogP contribution in [0.5, 0.6) is 5.75 Å². The Labute approximate surface area is 71.8 Å². The molecule has 0 unspecified atom stereocenters. The number of rotatable bonds is 3. The van der Waals surface area contributed by atoms with Crippen molar-refractivity contribution in [2.45, 2.75) is 6.42 Å². The SMILES string of the molecule is COc1ccc(N)c(CCO)c1. The molecule has 0 radical (unpaired) electrons. The van der Waals surface area contributed by atoms with Crippen molar-refractivity contribution in [2.24, 2.45) is 0 Å². The van der Waals surface area contributed by atoms with E-state index < -0.39 is 0 Å². The third-order valence-electron chi connectivity index (χ3n) is 1.73. The van der Waals surface area contributed by atoms with E-state index in [2.05, 4.69) is 0 Å². The van der Waals surface area contributed by atoms with Crippen LogP contribution in [0.2, 0.25) is 0 Å². The molecule has 1 aromatic carbocycles. The van der Waals surface area contributed by atoms with Gasteiger partial charge in [0.1, 0.15) is 5.75 Å². The van der Waals surface area contributed by atoms with Crippen LogP contribution in [0.3, 0.4) is 0 Å². The van der Waals surface area contributed by atoms with Crippen LogP contribution >= 0.6 is 0 Å². The second kappa shape index (κ2) is 3.97. The number of methoxy groups -OCH3 is 1. The first kappa shape index (κ1) is 8.87. The summed E-state index contributed by atoms with van der Waals surface area (Å²) in [4.78, 5) is 0. The van der Waals surface area contributed by atoms with E-state index in [1.165, 1.54) is 0 Å². The summed E-state index contributed by atoms with van der Waals surface area (Å²) in [6, 6.07) is 5.42. The number of aliphatic hydroxyl groups is 1. The first-order valence-corrected chi connectivity index (χ1v) is 3.81. The van der Waals surface area contributed by atoms with Gasteiger partial charge in [-0.25, -0.2) is 0 Å². The molecule has 12 heavy (non-hydrogen) atoms. The Morgan fingerprint density at radius 2 is 2.25 bits per heavy atom. The van der Waals surface area contributed by atoms with Gasteiger partial charge in [-0.05, 0) is 30.2 Å². The predicted molar refractivity (Wildman–Crippen MR) is 48.2 cm³/mol. The largest absolute Gasteiger partial charge is 0.497 e. The first-order chi connectivity index (χ1) is 5.77. The van der Waals surface area contributed by atoms with Crippen molar-refractivity contribution in [3.63, 3.8) is 0 Å². The lowest BCUT2D eigenvalue weighted by molar-refractivity contribution is 0.299. The molecule has 3 heteroatoms. The fraction of sp³-hybridized carbons (Fsp3) is 0.333. The van der Waals surface area contributed by atoms with Crippen LogP contribution in [0.15, 0.2) is 18.2 Å². The highest BCUT2D eigenvalue weighted by Crippen LogP contribution is 2.19. The highest BCUT2D eigenvalue weighted by atomic mass is 16.5. The van der Waals surface area contributed by atoms with Crippen LogP contribution in [0, 0.1) is 0 Å². The fourth-order valence-corrected chi connectivity index (χ4v) is 1.05. The number of nitrogen functional groups attached to an aromatic ring is 1. The Kier molecular flexibility index (Phi) is 2.94. The lowest BCUT2D eigenvalue weighted by atomic mass is 10.1. The van der Waals surface area contributed by atoms with Gasteiger partial charge in [0.2, 0.25) is 0 Å². The molecular weight excluding hydrogens is 154 g/mol. The Morgan fingerprint density at radius 3 is 2.83 bits per heavy atom. The Morgan fingerprint density at radius 1 is 1.50 bits per heavy atom. The first-order valence-electron chi connectivity index (χ1n) is 3.81. The minimum absolute atomic E-state index is 0.108. The number of nitrogens with two attached hydrogens (primary N) is 1. The number of aliphatic hydroxyl groups excluding tert-OH is 1. The number of hydrogen-bond donors (Lipinski definition) is 2. The molecule has 0 bridgehead atoms. The van der Waals surface area contributed by atoms with Crippen LogP contribution in [0.1, 0.15) is 5.56 Å². The molecule has 0 fully saturated rings. The molecule has 0 spiro atoms. The van der Waals surface area contributed by atoms with Crippen LogP contribution in [0.4, 0.5) is 5.69 Å². The number of ether oxygens (including phenoxy) is 1. The summed E-state index contributed by atoms with van der Waals surface area (Å²) in [7, 11) is 1.61. The van der Waals surface area contributed by atoms with E-state index in [0.717, 1.165) is 11.3 Å². The van der Waals surface area contributed by atoms with Crippen LogP contribution in [-0.4, -0.2) is 18.8 Å². The summed E-state index contributed by atoms with van der Waals surface area (Å²) in [5.74, 6) is 0.771. The second-order valence-corrected chi connectivity index (χ2v) is 2.54. The van der Waals surface area contributed by atoms with E-state index in [0.29, 0.717) is 12.1 Å². The lowest BCUT2D eigenvalue weighted by Gasteiger charge is -2.05. The molecule has 1 rings (SSSR count). The van der Waals surface area contributed by atoms with Gasteiger partial charge in [0.25, 0.3) is 0 Å². The summed E-state index contributed by atoms with van der Waals surface area (Å²) in [6.07, 6.45) is 0.572. The lowest BCUT2D eigenvalue weighted by Crippen LogP contribution is -1.98. The number of hydrogen-bond acceptors (Lipinski definition) is 3. The second-order valence-electron chi connectivity index (χ2n) is 2.54. The van der Waals surface area contributed by atoms with Gasteiger partial charge in [-0.3, -0.25) is 0 Å². The van der Waals surface area contributed by atoms with Crippen molar-refractivity contribution in [3.05, 3.63) is 23.8 Å². The average molecular weight is 167 g/mol. The summed E-state index contributed by atoms with van der Waals surface area (Å²) in [5.41, 5.74) is 7.29. The minimum Gasteiger partial charge on any atom is -0.497 e. The summed E-state index contributed by atoms with van der Waals surface area (Å²) in [6.45, 7) is 0.108. The molecule has 1 aromatic rings. The Hall–Kier alpha value is -1.22. The van der Waals surface area contributed by atoms with Crippen molar-refractivity contribution in [3.8, 4) is 5.75 Å². The van der Waals surface area contributed by atoms with Crippen LogP contribution in [-0.2, 0) is 6.42 Å². The standard InChI is InChI=1S/C9H13NO2/c1-12-8-2-3-9(10)7(6-8)4-5-11/h2-3,6,11H,4-5,10H2,1H3. The smallest absolute Gasteiger partial charge is 0.119 e. The van der Waals surface area contributed by atoms with Crippen LogP contribution in [0.25, 0.3) is 0 Å². The van der Waals surface area contributed by atoms with Crippen molar-refractivity contribution in [1.29, 1.82) is 0 Å². The van der Waals surface area contributed by atoms with Crippen LogP contribution < -0.4 is 10.5 Å². The topological polar surface area (TPSA) is 55.5 Å². The molecular formula is C9H13NO2. The van der Waals surface area contributed by atoms with Crippen molar-refractivity contribution in [1.82, 2.24) is 0 Å². The monoisotopic (exact) mass is 167 g/mol. The fourth-order valence-electron chi connectivity index (χ4n) is 1.05. The van der Waals surface area contributed by atoms with Crippen molar-refractivity contribution < 1.29 is 9.84 Å².